The lowest BCUT2D eigenvalue weighted by Gasteiger charge is -2.08. The molecule has 2 aromatic rings. The normalized spacial score (nSPS) is 10.3. The summed E-state index contributed by atoms with van der Waals surface area (Å²) < 4.78 is 6.81. The molecule has 0 unspecified atom stereocenters. The molecule has 0 spiro atoms. The van der Waals surface area contributed by atoms with Crippen LogP contribution in [0, 0.1) is 0 Å². The number of carboxylic acid groups (broad SMARTS) is 1. The summed E-state index contributed by atoms with van der Waals surface area (Å²) in [4.78, 5) is 11.2. The summed E-state index contributed by atoms with van der Waals surface area (Å²) in [5, 5.41) is 13.3. The van der Waals surface area contributed by atoms with E-state index in [1.807, 2.05) is 25.1 Å². The van der Waals surface area contributed by atoms with Crippen LogP contribution in [0.3, 0.4) is 0 Å². The largest absolute Gasteiger partial charge is 0.497 e. The monoisotopic (exact) mass is 246 g/mol. The molecule has 1 heterocycles. The molecule has 0 bridgehead atoms. The van der Waals surface area contributed by atoms with Crippen LogP contribution >= 0.6 is 0 Å². The minimum atomic E-state index is -0.979. The molecule has 0 aliphatic rings. The van der Waals surface area contributed by atoms with E-state index < -0.39 is 5.97 Å². The van der Waals surface area contributed by atoms with Crippen molar-refractivity contribution in [2.45, 2.75) is 13.5 Å². The average molecular weight is 246 g/mol. The molecule has 5 heteroatoms. The standard InChI is InChI=1S/C13H14N2O3/c1-3-15-12(11(8-14-15)13(16)17)9-5-4-6-10(7-9)18-2/h4-8H,3H2,1-2H3,(H,16,17). The zero-order valence-corrected chi connectivity index (χ0v) is 10.3. The third-order valence-corrected chi connectivity index (χ3v) is 2.71. The molecule has 0 aliphatic carbocycles. The van der Waals surface area contributed by atoms with Gasteiger partial charge in [0.2, 0.25) is 0 Å². The van der Waals surface area contributed by atoms with Gasteiger partial charge in [-0.2, -0.15) is 5.10 Å². The van der Waals surface area contributed by atoms with Crippen LogP contribution in [-0.4, -0.2) is 28.0 Å². The molecule has 94 valence electrons. The van der Waals surface area contributed by atoms with Crippen molar-refractivity contribution in [3.8, 4) is 17.0 Å². The maximum Gasteiger partial charge on any atom is 0.339 e. The van der Waals surface area contributed by atoms with Gasteiger partial charge in [-0.15, -0.1) is 0 Å². The van der Waals surface area contributed by atoms with Crippen LogP contribution in [0.1, 0.15) is 17.3 Å². The van der Waals surface area contributed by atoms with E-state index in [0.717, 1.165) is 5.56 Å². The van der Waals surface area contributed by atoms with Crippen LogP contribution in [0.4, 0.5) is 0 Å². The van der Waals surface area contributed by atoms with Gasteiger partial charge < -0.3 is 9.84 Å². The molecule has 0 atom stereocenters. The zero-order valence-electron chi connectivity index (χ0n) is 10.3. The molecule has 18 heavy (non-hydrogen) atoms. The first-order chi connectivity index (χ1) is 8.67. The first-order valence-electron chi connectivity index (χ1n) is 5.61. The molecule has 1 aromatic heterocycles. The predicted octanol–water partition coefficient (Wildman–Crippen LogP) is 2.28. The van der Waals surface area contributed by atoms with Crippen molar-refractivity contribution in [2.75, 3.05) is 7.11 Å². The number of ether oxygens (including phenoxy) is 1. The Morgan fingerprint density at radius 3 is 2.89 bits per heavy atom. The molecule has 1 aromatic carbocycles. The number of carboxylic acids is 1. The van der Waals surface area contributed by atoms with E-state index in [1.165, 1.54) is 6.20 Å². The lowest BCUT2D eigenvalue weighted by Crippen LogP contribution is -2.03. The maximum absolute atomic E-state index is 11.2. The molecule has 2 rings (SSSR count). The summed E-state index contributed by atoms with van der Waals surface area (Å²) >= 11 is 0. The number of hydrogen-bond donors (Lipinski definition) is 1. The van der Waals surface area contributed by atoms with Gasteiger partial charge in [-0.1, -0.05) is 12.1 Å². The van der Waals surface area contributed by atoms with E-state index in [0.29, 0.717) is 18.0 Å². The number of benzene rings is 1. The minimum absolute atomic E-state index is 0.199. The summed E-state index contributed by atoms with van der Waals surface area (Å²) in [7, 11) is 1.58. The highest BCUT2D eigenvalue weighted by Gasteiger charge is 2.17. The Balaban J connectivity index is 2.60. The summed E-state index contributed by atoms with van der Waals surface area (Å²) in [5.41, 5.74) is 1.58. The van der Waals surface area contributed by atoms with Crippen LogP contribution in [0.25, 0.3) is 11.3 Å². The van der Waals surface area contributed by atoms with Gasteiger partial charge in [-0.25, -0.2) is 4.79 Å². The molecule has 1 N–H and O–H groups in total. The average Bonchev–Trinajstić information content (AvgIpc) is 2.82. The van der Waals surface area contributed by atoms with Crippen LogP contribution in [0.5, 0.6) is 5.75 Å². The minimum Gasteiger partial charge on any atom is -0.497 e. The molecule has 0 amide bonds. The number of aromatic nitrogens is 2. The highest BCUT2D eigenvalue weighted by atomic mass is 16.5. The van der Waals surface area contributed by atoms with E-state index in [1.54, 1.807) is 17.9 Å². The fourth-order valence-corrected chi connectivity index (χ4v) is 1.86. The summed E-state index contributed by atoms with van der Waals surface area (Å²) in [6.07, 6.45) is 1.38. The number of aromatic carboxylic acids is 1. The van der Waals surface area contributed by atoms with E-state index in [4.69, 9.17) is 4.74 Å². The van der Waals surface area contributed by atoms with E-state index in [2.05, 4.69) is 5.10 Å². The molecule has 0 radical (unpaired) electrons. The van der Waals surface area contributed by atoms with E-state index >= 15 is 0 Å². The smallest absolute Gasteiger partial charge is 0.339 e. The van der Waals surface area contributed by atoms with Crippen molar-refractivity contribution in [1.82, 2.24) is 9.78 Å². The lowest BCUT2D eigenvalue weighted by atomic mass is 10.1. The molecule has 5 nitrogen and oxygen atoms in total. The fourth-order valence-electron chi connectivity index (χ4n) is 1.86. The quantitative estimate of drug-likeness (QED) is 0.898. The second-order valence-electron chi connectivity index (χ2n) is 3.76. The highest BCUT2D eigenvalue weighted by Crippen LogP contribution is 2.27. The van der Waals surface area contributed by atoms with Crippen LogP contribution < -0.4 is 4.74 Å². The second-order valence-corrected chi connectivity index (χ2v) is 3.76. The van der Waals surface area contributed by atoms with Crippen molar-refractivity contribution in [2.24, 2.45) is 0 Å². The third kappa shape index (κ3) is 2.07. The Morgan fingerprint density at radius 2 is 2.28 bits per heavy atom. The number of carbonyl (C=O) groups is 1. The second kappa shape index (κ2) is 4.91. The van der Waals surface area contributed by atoms with E-state index in [-0.39, 0.29) is 5.56 Å². The van der Waals surface area contributed by atoms with Crippen LogP contribution in [0.2, 0.25) is 0 Å². The first-order valence-corrected chi connectivity index (χ1v) is 5.61. The molecule has 0 aliphatic heterocycles. The Morgan fingerprint density at radius 1 is 1.50 bits per heavy atom. The van der Waals surface area contributed by atoms with Gasteiger partial charge in [0.05, 0.1) is 19.0 Å². The topological polar surface area (TPSA) is 64.4 Å². The SMILES string of the molecule is CCn1ncc(C(=O)O)c1-c1cccc(OC)c1. The van der Waals surface area contributed by atoms with Crippen LogP contribution in [-0.2, 0) is 6.54 Å². The van der Waals surface area contributed by atoms with Gasteiger partial charge in [-0.3, -0.25) is 4.68 Å². The molecular formula is C13H14N2O3. The molecule has 0 saturated carbocycles. The fraction of sp³-hybridized carbons (Fsp3) is 0.231. The van der Waals surface area contributed by atoms with Crippen molar-refractivity contribution < 1.29 is 14.6 Å². The first kappa shape index (κ1) is 12.2. The zero-order chi connectivity index (χ0) is 13.1. The Hall–Kier alpha value is -2.30. The van der Waals surface area contributed by atoms with Crippen molar-refractivity contribution in [3.05, 3.63) is 36.0 Å². The van der Waals surface area contributed by atoms with Gasteiger partial charge in [0.15, 0.2) is 0 Å². The Bertz CT molecular complexity index is 575. The lowest BCUT2D eigenvalue weighted by molar-refractivity contribution is 0.0697. The highest BCUT2D eigenvalue weighted by molar-refractivity contribution is 5.94. The predicted molar refractivity (Wildman–Crippen MR) is 66.8 cm³/mol. The van der Waals surface area contributed by atoms with Gasteiger partial charge in [0.1, 0.15) is 11.3 Å². The molecule has 0 saturated heterocycles. The number of aryl methyl sites for hydroxylation is 1. The maximum atomic E-state index is 11.2. The van der Waals surface area contributed by atoms with Gasteiger partial charge in [-0.05, 0) is 19.1 Å². The summed E-state index contributed by atoms with van der Waals surface area (Å²) in [5.74, 6) is -0.291. The van der Waals surface area contributed by atoms with Gasteiger partial charge >= 0.3 is 5.97 Å². The Kier molecular flexibility index (Phi) is 3.32. The summed E-state index contributed by atoms with van der Waals surface area (Å²) in [6, 6.07) is 7.29. The van der Waals surface area contributed by atoms with Crippen molar-refractivity contribution >= 4 is 5.97 Å². The number of methoxy groups -OCH3 is 1. The van der Waals surface area contributed by atoms with Crippen molar-refractivity contribution in [1.29, 1.82) is 0 Å². The number of nitrogens with zero attached hydrogens (tertiary/aromatic N) is 2. The van der Waals surface area contributed by atoms with Gasteiger partial charge in [0.25, 0.3) is 0 Å². The number of hydrogen-bond acceptors (Lipinski definition) is 3. The van der Waals surface area contributed by atoms with E-state index in [9.17, 15) is 9.90 Å². The molecule has 0 fully saturated rings. The van der Waals surface area contributed by atoms with Crippen LogP contribution in [0.15, 0.2) is 30.5 Å². The van der Waals surface area contributed by atoms with Gasteiger partial charge in [0, 0.05) is 12.1 Å². The Labute approximate surface area is 105 Å². The summed E-state index contributed by atoms with van der Waals surface area (Å²) in [6.45, 7) is 2.53. The third-order valence-electron chi connectivity index (χ3n) is 2.71. The molecular weight excluding hydrogens is 232 g/mol. The number of rotatable bonds is 4. The van der Waals surface area contributed by atoms with Crippen molar-refractivity contribution in [3.63, 3.8) is 0 Å².